The molecule has 0 saturated carbocycles. The maximum Gasteiger partial charge on any atom is 0.251 e. The van der Waals surface area contributed by atoms with Crippen molar-refractivity contribution in [2.45, 2.75) is 13.5 Å². The summed E-state index contributed by atoms with van der Waals surface area (Å²) >= 11 is 0. The third-order valence-electron chi connectivity index (χ3n) is 4.14. The van der Waals surface area contributed by atoms with Gasteiger partial charge in [-0.15, -0.1) is 10.2 Å². The standard InChI is InChI=1S/C19H16N6O2/c1-11-18(21-10-12-6-3-2-4-7-12)22-19(24-23-11)16-13-8-5-9-14(17(20)26)15(13)25-27-16/h2-9H,10H2,1H3,(H2,20,26)(H,21,22,24). The highest BCUT2D eigenvalue weighted by molar-refractivity contribution is 6.07. The third kappa shape index (κ3) is 3.20. The Kier molecular flexibility index (Phi) is 4.21. The SMILES string of the molecule is Cc1nnc(-c2onc3c(C(N)=O)cccc23)nc1NCc1ccccc1. The molecule has 1 amide bonds. The van der Waals surface area contributed by atoms with Crippen LogP contribution >= 0.6 is 0 Å². The zero-order chi connectivity index (χ0) is 18.8. The minimum atomic E-state index is -0.575. The fourth-order valence-corrected chi connectivity index (χ4v) is 2.75. The van der Waals surface area contributed by atoms with Gasteiger partial charge in [-0.05, 0) is 24.6 Å². The number of hydrogen-bond donors (Lipinski definition) is 2. The largest absolute Gasteiger partial charge is 0.366 e. The van der Waals surface area contributed by atoms with Gasteiger partial charge in [-0.2, -0.15) is 0 Å². The first-order chi connectivity index (χ1) is 13.1. The summed E-state index contributed by atoms with van der Waals surface area (Å²) < 4.78 is 5.40. The molecule has 134 valence electrons. The summed E-state index contributed by atoms with van der Waals surface area (Å²) in [5.41, 5.74) is 7.83. The number of nitrogens with one attached hydrogen (secondary N) is 1. The number of nitrogens with zero attached hydrogens (tertiary/aromatic N) is 4. The first-order valence-electron chi connectivity index (χ1n) is 8.31. The fourth-order valence-electron chi connectivity index (χ4n) is 2.75. The number of benzene rings is 2. The molecule has 2 aromatic heterocycles. The molecule has 0 radical (unpaired) electrons. The summed E-state index contributed by atoms with van der Waals surface area (Å²) in [4.78, 5) is 16.1. The number of carbonyl (C=O) groups excluding carboxylic acids is 1. The predicted molar refractivity (Wildman–Crippen MR) is 99.9 cm³/mol. The number of nitrogens with two attached hydrogens (primary N) is 1. The van der Waals surface area contributed by atoms with Crippen molar-refractivity contribution in [1.82, 2.24) is 20.3 Å². The molecule has 0 spiro atoms. The van der Waals surface area contributed by atoms with E-state index in [1.165, 1.54) is 0 Å². The van der Waals surface area contributed by atoms with Crippen LogP contribution in [0.25, 0.3) is 22.5 Å². The monoisotopic (exact) mass is 360 g/mol. The minimum Gasteiger partial charge on any atom is -0.366 e. The highest BCUT2D eigenvalue weighted by atomic mass is 16.5. The van der Waals surface area contributed by atoms with Gasteiger partial charge in [0.15, 0.2) is 5.82 Å². The summed E-state index contributed by atoms with van der Waals surface area (Å²) in [5.74, 6) is 0.636. The molecule has 4 aromatic rings. The number of anilines is 1. The Morgan fingerprint density at radius 2 is 1.93 bits per heavy atom. The van der Waals surface area contributed by atoms with Crippen LogP contribution in [-0.4, -0.2) is 26.2 Å². The van der Waals surface area contributed by atoms with Crippen molar-refractivity contribution in [3.63, 3.8) is 0 Å². The molecule has 2 aromatic carbocycles. The van der Waals surface area contributed by atoms with E-state index in [0.29, 0.717) is 34.7 Å². The van der Waals surface area contributed by atoms with Crippen LogP contribution in [0.1, 0.15) is 21.6 Å². The number of rotatable bonds is 5. The van der Waals surface area contributed by atoms with Crippen LogP contribution in [0.5, 0.6) is 0 Å². The number of primary amides is 1. The van der Waals surface area contributed by atoms with Crippen molar-refractivity contribution >= 4 is 22.6 Å². The van der Waals surface area contributed by atoms with E-state index in [9.17, 15) is 4.79 Å². The Morgan fingerprint density at radius 1 is 1.11 bits per heavy atom. The second kappa shape index (κ2) is 6.83. The van der Waals surface area contributed by atoms with Gasteiger partial charge in [0.2, 0.25) is 11.6 Å². The Hall–Kier alpha value is -3.81. The van der Waals surface area contributed by atoms with Gasteiger partial charge in [0.05, 0.1) is 10.9 Å². The second-order valence-electron chi connectivity index (χ2n) is 5.99. The molecule has 0 aliphatic heterocycles. The molecule has 0 fully saturated rings. The molecule has 27 heavy (non-hydrogen) atoms. The summed E-state index contributed by atoms with van der Waals surface area (Å²) in [6.07, 6.45) is 0. The summed E-state index contributed by atoms with van der Waals surface area (Å²) in [5, 5.41) is 16.1. The lowest BCUT2D eigenvalue weighted by Crippen LogP contribution is -2.11. The van der Waals surface area contributed by atoms with Crippen LogP contribution in [0.3, 0.4) is 0 Å². The minimum absolute atomic E-state index is 0.278. The van der Waals surface area contributed by atoms with Crippen LogP contribution < -0.4 is 11.1 Å². The van der Waals surface area contributed by atoms with Crippen LogP contribution in [0.2, 0.25) is 0 Å². The maximum atomic E-state index is 11.6. The molecular weight excluding hydrogens is 344 g/mol. The number of carbonyl (C=O) groups is 1. The topological polar surface area (TPSA) is 120 Å². The van der Waals surface area contributed by atoms with E-state index in [0.717, 1.165) is 5.56 Å². The summed E-state index contributed by atoms with van der Waals surface area (Å²) in [7, 11) is 0. The van der Waals surface area contributed by atoms with E-state index in [-0.39, 0.29) is 11.4 Å². The number of hydrogen-bond acceptors (Lipinski definition) is 7. The van der Waals surface area contributed by atoms with Crippen molar-refractivity contribution < 1.29 is 9.32 Å². The van der Waals surface area contributed by atoms with Gasteiger partial charge < -0.3 is 15.6 Å². The molecule has 4 rings (SSSR count). The molecule has 2 heterocycles. The van der Waals surface area contributed by atoms with E-state index in [4.69, 9.17) is 10.3 Å². The molecule has 0 aliphatic rings. The van der Waals surface area contributed by atoms with Crippen molar-refractivity contribution in [3.05, 3.63) is 65.4 Å². The van der Waals surface area contributed by atoms with Crippen molar-refractivity contribution in [3.8, 4) is 11.6 Å². The lowest BCUT2D eigenvalue weighted by molar-refractivity contribution is 0.100. The van der Waals surface area contributed by atoms with E-state index in [1.807, 2.05) is 37.3 Å². The van der Waals surface area contributed by atoms with E-state index in [1.54, 1.807) is 18.2 Å². The molecule has 0 bridgehead atoms. The highest BCUT2D eigenvalue weighted by Gasteiger charge is 2.19. The summed E-state index contributed by atoms with van der Waals surface area (Å²) in [6.45, 7) is 2.42. The first kappa shape index (κ1) is 16.6. The molecular formula is C19H16N6O2. The van der Waals surface area contributed by atoms with Crippen molar-refractivity contribution in [2.24, 2.45) is 5.73 Å². The maximum absolute atomic E-state index is 11.6. The molecule has 0 aliphatic carbocycles. The number of aromatic nitrogens is 4. The van der Waals surface area contributed by atoms with Gasteiger partial charge in [0.25, 0.3) is 5.91 Å². The average Bonchev–Trinajstić information content (AvgIpc) is 3.12. The lowest BCUT2D eigenvalue weighted by atomic mass is 10.1. The van der Waals surface area contributed by atoms with Gasteiger partial charge in [0, 0.05) is 6.54 Å². The number of amides is 1. The van der Waals surface area contributed by atoms with Gasteiger partial charge in [0.1, 0.15) is 11.2 Å². The zero-order valence-electron chi connectivity index (χ0n) is 14.5. The average molecular weight is 360 g/mol. The quantitative estimate of drug-likeness (QED) is 0.561. The molecule has 3 N–H and O–H groups in total. The fraction of sp³-hybridized carbons (Fsp3) is 0.105. The van der Waals surface area contributed by atoms with Crippen LogP contribution in [-0.2, 0) is 6.54 Å². The molecule has 0 saturated heterocycles. The van der Waals surface area contributed by atoms with Gasteiger partial charge in [-0.25, -0.2) is 4.98 Å². The van der Waals surface area contributed by atoms with Gasteiger partial charge >= 0.3 is 0 Å². The zero-order valence-corrected chi connectivity index (χ0v) is 14.5. The third-order valence-corrected chi connectivity index (χ3v) is 4.14. The Balaban J connectivity index is 1.70. The molecule has 8 nitrogen and oxygen atoms in total. The smallest absolute Gasteiger partial charge is 0.251 e. The Bertz CT molecular complexity index is 1120. The van der Waals surface area contributed by atoms with E-state index < -0.39 is 5.91 Å². The summed E-state index contributed by atoms with van der Waals surface area (Å²) in [6, 6.07) is 15.0. The Labute approximate surface area is 154 Å². The van der Waals surface area contributed by atoms with Crippen molar-refractivity contribution in [2.75, 3.05) is 5.32 Å². The van der Waals surface area contributed by atoms with Crippen LogP contribution in [0.15, 0.2) is 53.1 Å². The Morgan fingerprint density at radius 3 is 2.70 bits per heavy atom. The van der Waals surface area contributed by atoms with Gasteiger partial charge in [-0.1, -0.05) is 41.6 Å². The highest BCUT2D eigenvalue weighted by Crippen LogP contribution is 2.28. The predicted octanol–water partition coefficient (Wildman–Crippen LogP) is 2.70. The second-order valence-corrected chi connectivity index (χ2v) is 5.99. The lowest BCUT2D eigenvalue weighted by Gasteiger charge is -2.08. The molecule has 0 unspecified atom stereocenters. The van der Waals surface area contributed by atoms with Crippen molar-refractivity contribution in [1.29, 1.82) is 0 Å². The van der Waals surface area contributed by atoms with Gasteiger partial charge in [-0.3, -0.25) is 4.79 Å². The van der Waals surface area contributed by atoms with E-state index in [2.05, 4.69) is 25.7 Å². The van der Waals surface area contributed by atoms with Crippen LogP contribution in [0, 0.1) is 6.92 Å². The normalized spacial score (nSPS) is 10.9. The number of aryl methyl sites for hydroxylation is 1. The van der Waals surface area contributed by atoms with Crippen LogP contribution in [0.4, 0.5) is 5.82 Å². The molecule has 0 atom stereocenters. The molecule has 8 heteroatoms. The number of fused-ring (bicyclic) bond motifs is 1. The first-order valence-corrected chi connectivity index (χ1v) is 8.31. The van der Waals surface area contributed by atoms with E-state index >= 15 is 0 Å².